The van der Waals surface area contributed by atoms with Gasteiger partial charge in [0.05, 0.1) is 0 Å². The maximum atomic E-state index is 2.43. The van der Waals surface area contributed by atoms with Gasteiger partial charge in [0.15, 0.2) is 0 Å². The molecule has 0 bridgehead atoms. The maximum Gasteiger partial charge on any atom is -0.0124 e. The molecule has 0 heteroatoms. The molecule has 19 heavy (non-hydrogen) atoms. The summed E-state index contributed by atoms with van der Waals surface area (Å²) in [4.78, 5) is 0. The zero-order chi connectivity index (χ0) is 13.4. The molecule has 96 valence electrons. The van der Waals surface area contributed by atoms with Crippen molar-refractivity contribution in [2.75, 3.05) is 0 Å². The third-order valence-corrected chi connectivity index (χ3v) is 4.32. The normalized spacial score (nSPS) is 21.7. The van der Waals surface area contributed by atoms with Crippen LogP contribution in [0, 0.1) is 12.8 Å². The van der Waals surface area contributed by atoms with Crippen LogP contribution in [0.25, 0.3) is 5.57 Å². The summed E-state index contributed by atoms with van der Waals surface area (Å²) in [6.07, 6.45) is 2.43. The van der Waals surface area contributed by atoms with Crippen LogP contribution in [0.1, 0.15) is 42.0 Å². The molecule has 0 N–H and O–H groups in total. The highest BCUT2D eigenvalue weighted by molar-refractivity contribution is 5.83. The van der Waals surface area contributed by atoms with Crippen molar-refractivity contribution in [3.8, 4) is 0 Å². The van der Waals surface area contributed by atoms with Crippen molar-refractivity contribution in [2.24, 2.45) is 5.92 Å². The standard InChI is InChI=1S/C19H20/c1-13-8-10-16(11-9-13)19-12-14(2)15(3)17-6-4-5-7-18(17)19/h4-12,14-15H,1-3H3. The quantitative estimate of drug-likeness (QED) is 0.652. The summed E-state index contributed by atoms with van der Waals surface area (Å²) >= 11 is 0. The highest BCUT2D eigenvalue weighted by Crippen LogP contribution is 2.40. The Morgan fingerprint density at radius 3 is 2.26 bits per heavy atom. The fourth-order valence-corrected chi connectivity index (χ4v) is 2.90. The summed E-state index contributed by atoms with van der Waals surface area (Å²) in [6, 6.07) is 17.7. The Kier molecular flexibility index (Phi) is 3.02. The van der Waals surface area contributed by atoms with E-state index in [0.29, 0.717) is 11.8 Å². The lowest BCUT2D eigenvalue weighted by Gasteiger charge is -2.28. The van der Waals surface area contributed by atoms with E-state index in [4.69, 9.17) is 0 Å². The van der Waals surface area contributed by atoms with E-state index in [-0.39, 0.29) is 0 Å². The molecule has 0 heterocycles. The van der Waals surface area contributed by atoms with Gasteiger partial charge in [0, 0.05) is 0 Å². The highest BCUT2D eigenvalue weighted by Gasteiger charge is 2.23. The van der Waals surface area contributed by atoms with Gasteiger partial charge in [-0.05, 0) is 41.0 Å². The van der Waals surface area contributed by atoms with Crippen molar-refractivity contribution in [2.45, 2.75) is 26.7 Å². The molecule has 2 atom stereocenters. The van der Waals surface area contributed by atoms with E-state index in [9.17, 15) is 0 Å². The smallest absolute Gasteiger partial charge is 0.0124 e. The number of benzene rings is 2. The molecule has 0 fully saturated rings. The van der Waals surface area contributed by atoms with Crippen LogP contribution in [0.3, 0.4) is 0 Å². The van der Waals surface area contributed by atoms with Crippen LogP contribution >= 0.6 is 0 Å². The second-order valence-electron chi connectivity index (χ2n) is 5.68. The second-order valence-corrected chi connectivity index (χ2v) is 5.68. The molecular weight excluding hydrogens is 228 g/mol. The Balaban J connectivity index is 2.15. The molecule has 3 rings (SSSR count). The van der Waals surface area contributed by atoms with E-state index in [0.717, 1.165) is 0 Å². The van der Waals surface area contributed by atoms with Crippen LogP contribution in [-0.2, 0) is 0 Å². The summed E-state index contributed by atoms with van der Waals surface area (Å²) < 4.78 is 0. The van der Waals surface area contributed by atoms with Crippen LogP contribution in [0.5, 0.6) is 0 Å². The molecule has 0 saturated heterocycles. The molecule has 2 aromatic carbocycles. The second kappa shape index (κ2) is 4.70. The fourth-order valence-electron chi connectivity index (χ4n) is 2.90. The summed E-state index contributed by atoms with van der Waals surface area (Å²) in [5.74, 6) is 1.19. The average Bonchev–Trinajstić information content (AvgIpc) is 2.44. The molecule has 0 aliphatic heterocycles. The Labute approximate surface area is 115 Å². The third kappa shape index (κ3) is 2.12. The van der Waals surface area contributed by atoms with Gasteiger partial charge in [0.2, 0.25) is 0 Å². The minimum atomic E-state index is 0.589. The number of rotatable bonds is 1. The van der Waals surface area contributed by atoms with Crippen LogP contribution in [0.4, 0.5) is 0 Å². The lowest BCUT2D eigenvalue weighted by atomic mass is 9.76. The molecule has 0 nitrogen and oxygen atoms in total. The van der Waals surface area contributed by atoms with Crippen molar-refractivity contribution in [3.63, 3.8) is 0 Å². The number of fused-ring (bicyclic) bond motifs is 1. The highest BCUT2D eigenvalue weighted by atomic mass is 14.3. The number of hydrogen-bond acceptors (Lipinski definition) is 0. The zero-order valence-electron chi connectivity index (χ0n) is 11.9. The van der Waals surface area contributed by atoms with E-state index in [1.165, 1.54) is 27.8 Å². The van der Waals surface area contributed by atoms with Gasteiger partial charge in [-0.2, -0.15) is 0 Å². The monoisotopic (exact) mass is 248 g/mol. The van der Waals surface area contributed by atoms with Crippen molar-refractivity contribution in [3.05, 3.63) is 76.9 Å². The van der Waals surface area contributed by atoms with Crippen molar-refractivity contribution < 1.29 is 0 Å². The van der Waals surface area contributed by atoms with E-state index in [1.54, 1.807) is 0 Å². The van der Waals surface area contributed by atoms with Crippen LogP contribution in [0.15, 0.2) is 54.6 Å². The van der Waals surface area contributed by atoms with Crippen LogP contribution in [0.2, 0.25) is 0 Å². The first-order valence-electron chi connectivity index (χ1n) is 7.05. The topological polar surface area (TPSA) is 0 Å². The van der Waals surface area contributed by atoms with E-state index in [2.05, 4.69) is 75.4 Å². The van der Waals surface area contributed by atoms with Crippen LogP contribution < -0.4 is 0 Å². The van der Waals surface area contributed by atoms with E-state index in [1.807, 2.05) is 0 Å². The Morgan fingerprint density at radius 2 is 1.53 bits per heavy atom. The molecule has 1 aliphatic rings. The van der Waals surface area contributed by atoms with Gasteiger partial charge in [0.1, 0.15) is 0 Å². The summed E-state index contributed by atoms with van der Waals surface area (Å²) in [6.45, 7) is 6.78. The minimum Gasteiger partial charge on any atom is -0.0726 e. The van der Waals surface area contributed by atoms with E-state index >= 15 is 0 Å². The lowest BCUT2D eigenvalue weighted by Crippen LogP contribution is -2.12. The van der Waals surface area contributed by atoms with Gasteiger partial charge >= 0.3 is 0 Å². The van der Waals surface area contributed by atoms with Crippen molar-refractivity contribution in [1.82, 2.24) is 0 Å². The number of aryl methyl sites for hydroxylation is 1. The Bertz CT molecular complexity index is 617. The molecule has 1 aliphatic carbocycles. The predicted molar refractivity (Wildman–Crippen MR) is 82.3 cm³/mol. The predicted octanol–water partition coefficient (Wildman–Crippen LogP) is 5.18. The first-order valence-corrected chi connectivity index (χ1v) is 7.05. The molecule has 0 radical (unpaired) electrons. The Morgan fingerprint density at radius 1 is 0.842 bits per heavy atom. The van der Waals surface area contributed by atoms with Gasteiger partial charge in [0.25, 0.3) is 0 Å². The van der Waals surface area contributed by atoms with Crippen molar-refractivity contribution in [1.29, 1.82) is 0 Å². The molecule has 0 spiro atoms. The average molecular weight is 248 g/mol. The number of allylic oxidation sites excluding steroid dienone is 1. The summed E-state index contributed by atoms with van der Waals surface area (Å²) in [5, 5.41) is 0. The van der Waals surface area contributed by atoms with Gasteiger partial charge in [-0.15, -0.1) is 0 Å². The maximum absolute atomic E-state index is 2.43. The Hall–Kier alpha value is -1.82. The zero-order valence-corrected chi connectivity index (χ0v) is 11.9. The van der Waals surface area contributed by atoms with Gasteiger partial charge in [-0.3, -0.25) is 0 Å². The largest absolute Gasteiger partial charge is 0.0726 e. The molecule has 0 aromatic heterocycles. The molecule has 2 unspecified atom stereocenters. The van der Waals surface area contributed by atoms with Crippen LogP contribution in [-0.4, -0.2) is 0 Å². The van der Waals surface area contributed by atoms with Crippen molar-refractivity contribution >= 4 is 5.57 Å². The third-order valence-electron chi connectivity index (χ3n) is 4.32. The summed E-state index contributed by atoms with van der Waals surface area (Å²) in [5.41, 5.74) is 6.91. The molecule has 2 aromatic rings. The lowest BCUT2D eigenvalue weighted by molar-refractivity contribution is 0.583. The molecule has 0 saturated carbocycles. The minimum absolute atomic E-state index is 0.589. The molecular formula is C19H20. The fraction of sp³-hybridized carbons (Fsp3) is 0.263. The van der Waals surface area contributed by atoms with Gasteiger partial charge < -0.3 is 0 Å². The first-order chi connectivity index (χ1) is 9.16. The first kappa shape index (κ1) is 12.2. The number of hydrogen-bond donors (Lipinski definition) is 0. The van der Waals surface area contributed by atoms with Gasteiger partial charge in [-0.25, -0.2) is 0 Å². The summed E-state index contributed by atoms with van der Waals surface area (Å²) in [7, 11) is 0. The van der Waals surface area contributed by atoms with E-state index < -0.39 is 0 Å². The molecule has 0 amide bonds. The SMILES string of the molecule is Cc1ccc(C2=CC(C)C(C)c3ccccc32)cc1. The van der Waals surface area contributed by atoms with Gasteiger partial charge in [-0.1, -0.05) is 74.0 Å².